The van der Waals surface area contributed by atoms with Crippen LogP contribution in [0.2, 0.25) is 0 Å². The first-order valence-corrected chi connectivity index (χ1v) is 5.65. The van der Waals surface area contributed by atoms with Gasteiger partial charge in [0, 0.05) is 0 Å². The Morgan fingerprint density at radius 3 is 1.85 bits per heavy atom. The van der Waals surface area contributed by atoms with E-state index in [4.69, 9.17) is 0 Å². The summed E-state index contributed by atoms with van der Waals surface area (Å²) in [5.74, 6) is 0. The molecule has 0 aliphatic rings. The molecular formula is C13H24. The van der Waals surface area contributed by atoms with Crippen LogP contribution in [-0.4, -0.2) is 0 Å². The van der Waals surface area contributed by atoms with Gasteiger partial charge in [-0.3, -0.25) is 0 Å². The molecule has 0 aromatic carbocycles. The first-order valence-electron chi connectivity index (χ1n) is 5.65. The van der Waals surface area contributed by atoms with E-state index in [1.54, 1.807) is 0 Å². The van der Waals surface area contributed by atoms with Gasteiger partial charge in [-0.1, -0.05) is 64.0 Å². The van der Waals surface area contributed by atoms with Crippen LogP contribution < -0.4 is 0 Å². The first kappa shape index (κ1) is 12.7. The third kappa shape index (κ3) is 11.7. The fourth-order valence-corrected chi connectivity index (χ4v) is 1.44. The van der Waals surface area contributed by atoms with E-state index in [0.717, 1.165) is 6.42 Å². The van der Waals surface area contributed by atoms with Gasteiger partial charge in [0.15, 0.2) is 0 Å². The largest absolute Gasteiger partial charge is 0.0885 e. The fraction of sp³-hybridized carbons (Fsp3) is 0.692. The molecule has 0 saturated heterocycles. The number of hydrogen-bond acceptors (Lipinski definition) is 0. The molecule has 2 radical (unpaired) electrons. The molecule has 0 aromatic heterocycles. The molecule has 0 atom stereocenters. The molecule has 0 fully saturated rings. The Kier molecular flexibility index (Phi) is 11.5. The molecule has 13 heavy (non-hydrogen) atoms. The van der Waals surface area contributed by atoms with Crippen LogP contribution in [0.15, 0.2) is 12.2 Å². The van der Waals surface area contributed by atoms with Crippen molar-refractivity contribution in [3.8, 4) is 0 Å². The van der Waals surface area contributed by atoms with Gasteiger partial charge in [0.05, 0.1) is 0 Å². The molecule has 0 aliphatic heterocycles. The van der Waals surface area contributed by atoms with E-state index in [9.17, 15) is 0 Å². The summed E-state index contributed by atoms with van der Waals surface area (Å²) < 4.78 is 0. The minimum absolute atomic E-state index is 1.11. The minimum atomic E-state index is 1.11. The highest BCUT2D eigenvalue weighted by atomic mass is 14.0. The van der Waals surface area contributed by atoms with Crippen molar-refractivity contribution >= 4 is 0 Å². The van der Waals surface area contributed by atoms with Crippen molar-refractivity contribution in [2.24, 2.45) is 0 Å². The predicted molar refractivity (Wildman–Crippen MR) is 61.4 cm³/mol. The molecule has 0 unspecified atom stereocenters. The molecule has 0 bridgehead atoms. The van der Waals surface area contributed by atoms with Gasteiger partial charge in [0.25, 0.3) is 0 Å². The molecule has 0 saturated carbocycles. The van der Waals surface area contributed by atoms with Crippen LogP contribution >= 0.6 is 0 Å². The molecule has 76 valence electrons. The Balaban J connectivity index is 2.83. The van der Waals surface area contributed by atoms with Crippen LogP contribution in [-0.2, 0) is 0 Å². The molecule has 0 rings (SSSR count). The van der Waals surface area contributed by atoms with Gasteiger partial charge in [-0.2, -0.15) is 0 Å². The maximum Gasteiger partial charge on any atom is -0.0316 e. The fourth-order valence-electron chi connectivity index (χ4n) is 1.44. The molecule has 0 spiro atoms. The van der Waals surface area contributed by atoms with E-state index >= 15 is 0 Å². The third-order valence-corrected chi connectivity index (χ3v) is 2.29. The van der Waals surface area contributed by atoms with Crippen molar-refractivity contribution in [3.63, 3.8) is 0 Å². The van der Waals surface area contributed by atoms with Crippen molar-refractivity contribution in [3.05, 3.63) is 26.0 Å². The Labute approximate surface area is 84.4 Å². The quantitative estimate of drug-likeness (QED) is 0.450. The second-order valence-corrected chi connectivity index (χ2v) is 3.59. The topological polar surface area (TPSA) is 0 Å². The van der Waals surface area contributed by atoms with E-state index in [2.05, 4.69) is 19.9 Å². The van der Waals surface area contributed by atoms with Crippen molar-refractivity contribution in [2.75, 3.05) is 0 Å². The number of allylic oxidation sites excluding steroid dienone is 2. The molecular weight excluding hydrogens is 156 g/mol. The van der Waals surface area contributed by atoms with Crippen molar-refractivity contribution in [1.82, 2.24) is 0 Å². The highest BCUT2D eigenvalue weighted by molar-refractivity contribution is 4.83. The van der Waals surface area contributed by atoms with E-state index in [1.807, 2.05) is 6.08 Å². The van der Waals surface area contributed by atoms with Gasteiger partial charge in [0.1, 0.15) is 0 Å². The van der Waals surface area contributed by atoms with Crippen molar-refractivity contribution < 1.29 is 0 Å². The molecule has 0 N–H and O–H groups in total. The summed E-state index contributed by atoms with van der Waals surface area (Å²) in [6.45, 7) is 7.51. The number of rotatable bonds is 9. The molecule has 0 aromatic rings. The lowest BCUT2D eigenvalue weighted by Crippen LogP contribution is -1.79. The average molecular weight is 180 g/mol. The van der Waals surface area contributed by atoms with Crippen LogP contribution in [0.4, 0.5) is 0 Å². The lowest BCUT2D eigenvalue weighted by Gasteiger charge is -1.99. The molecule has 0 heterocycles. The summed E-state index contributed by atoms with van der Waals surface area (Å²) in [4.78, 5) is 0. The second kappa shape index (κ2) is 11.7. The zero-order valence-electron chi connectivity index (χ0n) is 8.93. The van der Waals surface area contributed by atoms with Gasteiger partial charge in [-0.05, 0) is 19.8 Å². The second-order valence-electron chi connectivity index (χ2n) is 3.59. The van der Waals surface area contributed by atoms with E-state index < -0.39 is 0 Å². The van der Waals surface area contributed by atoms with Crippen LogP contribution in [0.25, 0.3) is 0 Å². The Bertz CT molecular complexity index is 103. The maximum atomic E-state index is 3.84. The Morgan fingerprint density at radius 1 is 0.769 bits per heavy atom. The smallest absolute Gasteiger partial charge is 0.0316 e. The summed E-state index contributed by atoms with van der Waals surface area (Å²) in [6.07, 6.45) is 16.0. The first-order chi connectivity index (χ1) is 6.41. The molecule has 0 heteroatoms. The minimum Gasteiger partial charge on any atom is -0.0885 e. The summed E-state index contributed by atoms with van der Waals surface area (Å²) >= 11 is 0. The summed E-state index contributed by atoms with van der Waals surface area (Å²) in [6, 6.07) is 0. The lowest BCUT2D eigenvalue weighted by molar-refractivity contribution is 0.583. The highest BCUT2D eigenvalue weighted by Gasteiger charge is 1.89. The molecule has 0 aliphatic carbocycles. The molecule has 0 nitrogen and oxygen atoms in total. The summed E-state index contributed by atoms with van der Waals surface area (Å²) in [5.41, 5.74) is 0. The van der Waals surface area contributed by atoms with Crippen molar-refractivity contribution in [2.45, 2.75) is 57.8 Å². The summed E-state index contributed by atoms with van der Waals surface area (Å²) in [5, 5.41) is 0. The van der Waals surface area contributed by atoms with E-state index in [-0.39, 0.29) is 0 Å². The molecule has 0 amide bonds. The Morgan fingerprint density at radius 2 is 1.31 bits per heavy atom. The van der Waals surface area contributed by atoms with Gasteiger partial charge < -0.3 is 0 Å². The van der Waals surface area contributed by atoms with E-state index in [1.165, 1.54) is 51.4 Å². The van der Waals surface area contributed by atoms with E-state index in [0.29, 0.717) is 0 Å². The Hall–Kier alpha value is -0.260. The van der Waals surface area contributed by atoms with Gasteiger partial charge in [-0.25, -0.2) is 0 Å². The zero-order chi connectivity index (χ0) is 9.78. The zero-order valence-corrected chi connectivity index (χ0v) is 8.93. The lowest BCUT2D eigenvalue weighted by atomic mass is 10.1. The third-order valence-electron chi connectivity index (χ3n) is 2.29. The van der Waals surface area contributed by atoms with Gasteiger partial charge in [0.2, 0.25) is 0 Å². The predicted octanol–water partition coefficient (Wildman–Crippen LogP) is 4.72. The van der Waals surface area contributed by atoms with Crippen LogP contribution in [0.3, 0.4) is 0 Å². The van der Waals surface area contributed by atoms with Crippen LogP contribution in [0.5, 0.6) is 0 Å². The number of hydrogen-bond donors (Lipinski definition) is 0. The highest BCUT2D eigenvalue weighted by Crippen LogP contribution is 2.09. The van der Waals surface area contributed by atoms with Crippen LogP contribution in [0.1, 0.15) is 57.8 Å². The maximum absolute atomic E-state index is 3.84. The standard InChI is InChI=1S/C13H24/c1-3-5-7-9-11-13-12-10-8-6-4-2/h3,5H,1-2,4,6-13H2/b5-3+. The summed E-state index contributed by atoms with van der Waals surface area (Å²) in [7, 11) is 0. The normalized spacial score (nSPS) is 11.2. The van der Waals surface area contributed by atoms with Gasteiger partial charge >= 0.3 is 0 Å². The van der Waals surface area contributed by atoms with Crippen molar-refractivity contribution in [1.29, 1.82) is 0 Å². The van der Waals surface area contributed by atoms with Gasteiger partial charge in [-0.15, -0.1) is 0 Å². The number of unbranched alkanes of at least 4 members (excludes halogenated alkanes) is 8. The van der Waals surface area contributed by atoms with Crippen LogP contribution in [0, 0.1) is 13.8 Å². The SMILES string of the molecule is [CH2]/C=C/CCCCCCCCC[CH2]. The average Bonchev–Trinajstić information content (AvgIpc) is 2.16. The monoisotopic (exact) mass is 180 g/mol.